The zero-order valence-electron chi connectivity index (χ0n) is 16.3. The molecule has 4 nitrogen and oxygen atoms in total. The average Bonchev–Trinajstić information content (AvgIpc) is 3.23. The number of hydrogen-bond donors (Lipinski definition) is 1. The minimum Gasteiger partial charge on any atom is -0.507 e. The number of fused-ring (bicyclic) bond motifs is 1. The summed E-state index contributed by atoms with van der Waals surface area (Å²) < 4.78 is 0. The van der Waals surface area contributed by atoms with Gasteiger partial charge >= 0.3 is 0 Å². The Morgan fingerprint density at radius 2 is 1.93 bits per heavy atom. The molecule has 1 amide bonds. The number of thiophene rings is 1. The predicted molar refractivity (Wildman–Crippen MR) is 111 cm³/mol. The molecule has 1 unspecified atom stereocenters. The Bertz CT molecular complexity index is 972. The molecule has 1 aromatic carbocycles. The first-order chi connectivity index (χ1) is 13.5. The predicted octanol–water partition coefficient (Wildman–Crippen LogP) is 4.77. The molecule has 0 spiro atoms. The molecule has 2 heterocycles. The molecule has 146 valence electrons. The largest absolute Gasteiger partial charge is 0.507 e. The van der Waals surface area contributed by atoms with Gasteiger partial charge in [0.2, 0.25) is 0 Å². The molecule has 2 aliphatic rings. The van der Waals surface area contributed by atoms with Gasteiger partial charge in [0, 0.05) is 17.0 Å². The quantitative estimate of drug-likeness (QED) is 0.461. The summed E-state index contributed by atoms with van der Waals surface area (Å²) in [6.07, 6.45) is 5.15. The Hall–Kier alpha value is -2.40. The number of ketones is 1. The van der Waals surface area contributed by atoms with Crippen LogP contribution < -0.4 is 0 Å². The minimum atomic E-state index is -0.582. The topological polar surface area (TPSA) is 57.6 Å². The van der Waals surface area contributed by atoms with Crippen molar-refractivity contribution in [1.29, 1.82) is 0 Å². The molecule has 1 aliphatic carbocycles. The van der Waals surface area contributed by atoms with Crippen molar-refractivity contribution in [3.8, 4) is 0 Å². The van der Waals surface area contributed by atoms with E-state index in [1.54, 1.807) is 4.90 Å². The van der Waals surface area contributed by atoms with E-state index in [0.29, 0.717) is 12.1 Å². The summed E-state index contributed by atoms with van der Waals surface area (Å²) in [5.41, 5.74) is 4.45. The van der Waals surface area contributed by atoms with Crippen molar-refractivity contribution in [3.63, 3.8) is 0 Å². The van der Waals surface area contributed by atoms with Gasteiger partial charge in [0.25, 0.3) is 11.7 Å². The van der Waals surface area contributed by atoms with Gasteiger partial charge in [-0.25, -0.2) is 0 Å². The summed E-state index contributed by atoms with van der Waals surface area (Å²) in [4.78, 5) is 28.2. The molecule has 0 saturated carbocycles. The minimum absolute atomic E-state index is 0.0527. The zero-order chi connectivity index (χ0) is 19.8. The lowest BCUT2D eigenvalue weighted by molar-refractivity contribution is -0.139. The van der Waals surface area contributed by atoms with Gasteiger partial charge in [-0.2, -0.15) is 0 Å². The van der Waals surface area contributed by atoms with Crippen LogP contribution in [0.1, 0.15) is 59.4 Å². The van der Waals surface area contributed by atoms with E-state index in [-0.39, 0.29) is 11.3 Å². The number of amides is 1. The van der Waals surface area contributed by atoms with Gasteiger partial charge < -0.3 is 10.0 Å². The number of aryl methyl sites for hydroxylation is 3. The normalized spacial score (nSPS) is 21.2. The van der Waals surface area contributed by atoms with Crippen LogP contribution in [0, 0.1) is 6.92 Å². The highest BCUT2D eigenvalue weighted by Gasteiger charge is 2.46. The molecule has 0 radical (unpaired) electrons. The Balaban J connectivity index is 1.86. The summed E-state index contributed by atoms with van der Waals surface area (Å²) in [5.74, 6) is -1.15. The molecule has 4 rings (SSSR count). The maximum atomic E-state index is 12.9. The molecular formula is C23H25NO3S. The number of Topliss-reactive ketones (excluding diaryl/α,β-unsaturated/α-hetero) is 1. The third-order valence-corrected chi connectivity index (χ3v) is 6.85. The summed E-state index contributed by atoms with van der Waals surface area (Å²) in [5, 5.41) is 13.1. The van der Waals surface area contributed by atoms with E-state index in [1.807, 2.05) is 37.4 Å². The fourth-order valence-corrected chi connectivity index (χ4v) is 5.37. The first-order valence-corrected chi connectivity index (χ1v) is 10.9. The van der Waals surface area contributed by atoms with Gasteiger partial charge in [-0.15, -0.1) is 11.3 Å². The number of rotatable bonds is 4. The fraction of sp³-hybridized carbons (Fsp3) is 0.391. The van der Waals surface area contributed by atoms with E-state index < -0.39 is 17.7 Å². The summed E-state index contributed by atoms with van der Waals surface area (Å²) >= 11 is 1.53. The molecule has 2 aromatic rings. The van der Waals surface area contributed by atoms with Crippen LogP contribution in [0.25, 0.3) is 5.76 Å². The van der Waals surface area contributed by atoms with Gasteiger partial charge in [0.15, 0.2) is 0 Å². The monoisotopic (exact) mass is 395 g/mol. The first kappa shape index (κ1) is 18.9. The van der Waals surface area contributed by atoms with Crippen molar-refractivity contribution in [1.82, 2.24) is 4.90 Å². The molecular weight excluding hydrogens is 370 g/mol. The lowest BCUT2D eigenvalue weighted by Crippen LogP contribution is -2.30. The number of carbonyl (C=O) groups is 2. The number of nitrogens with zero attached hydrogens (tertiary/aromatic N) is 1. The second kappa shape index (κ2) is 7.55. The van der Waals surface area contributed by atoms with E-state index in [9.17, 15) is 14.7 Å². The van der Waals surface area contributed by atoms with Crippen LogP contribution in [-0.2, 0) is 22.4 Å². The van der Waals surface area contributed by atoms with Gasteiger partial charge in [-0.05, 0) is 73.2 Å². The molecule has 1 atom stereocenters. The maximum Gasteiger partial charge on any atom is 0.295 e. The highest BCUT2D eigenvalue weighted by molar-refractivity contribution is 7.10. The second-order valence-electron chi connectivity index (χ2n) is 7.65. The molecule has 1 aliphatic heterocycles. The van der Waals surface area contributed by atoms with Crippen molar-refractivity contribution in [2.45, 2.75) is 52.0 Å². The van der Waals surface area contributed by atoms with E-state index in [0.717, 1.165) is 36.1 Å². The van der Waals surface area contributed by atoms with Crippen LogP contribution in [0.15, 0.2) is 35.2 Å². The van der Waals surface area contributed by atoms with Crippen molar-refractivity contribution in [3.05, 3.63) is 62.3 Å². The third kappa shape index (κ3) is 3.08. The number of likely N-dealkylation sites (tertiary alicyclic amines) is 1. The van der Waals surface area contributed by atoms with Crippen LogP contribution in [0.3, 0.4) is 0 Å². The van der Waals surface area contributed by atoms with Gasteiger partial charge in [0.05, 0.1) is 11.6 Å². The van der Waals surface area contributed by atoms with Crippen molar-refractivity contribution in [2.75, 3.05) is 6.54 Å². The van der Waals surface area contributed by atoms with E-state index in [4.69, 9.17) is 0 Å². The Morgan fingerprint density at radius 3 is 2.61 bits per heavy atom. The molecule has 0 bridgehead atoms. The van der Waals surface area contributed by atoms with Crippen LogP contribution in [0.2, 0.25) is 0 Å². The lowest BCUT2D eigenvalue weighted by Gasteiger charge is -2.24. The maximum absolute atomic E-state index is 12.9. The Kier molecular flexibility index (Phi) is 5.11. The number of hydrogen-bond acceptors (Lipinski definition) is 4. The summed E-state index contributed by atoms with van der Waals surface area (Å²) in [6, 6.07) is 7.42. The summed E-state index contributed by atoms with van der Waals surface area (Å²) in [6.45, 7) is 4.46. The lowest BCUT2D eigenvalue weighted by atomic mass is 9.89. The van der Waals surface area contributed by atoms with Crippen LogP contribution in [-0.4, -0.2) is 28.2 Å². The molecule has 1 saturated heterocycles. The molecule has 5 heteroatoms. The van der Waals surface area contributed by atoms with E-state index in [2.05, 4.69) is 6.07 Å². The fourth-order valence-electron chi connectivity index (χ4n) is 4.32. The highest BCUT2D eigenvalue weighted by atomic mass is 32.1. The standard InChI is InChI=1S/C23H25NO3S/c1-3-11-24-19(22-14(2)10-12-28-22)18(21(26)23(24)27)20(25)17-9-8-15-6-4-5-7-16(15)13-17/h8-10,12-13,19,25H,3-7,11H2,1-2H3/b20-18-. The summed E-state index contributed by atoms with van der Waals surface area (Å²) in [7, 11) is 0. The van der Waals surface area contributed by atoms with Gasteiger partial charge in [-0.1, -0.05) is 19.1 Å². The number of aliphatic hydroxyl groups excluding tert-OH is 1. The highest BCUT2D eigenvalue weighted by Crippen LogP contribution is 2.42. The average molecular weight is 396 g/mol. The molecule has 1 aromatic heterocycles. The van der Waals surface area contributed by atoms with Gasteiger partial charge in [0.1, 0.15) is 5.76 Å². The first-order valence-electron chi connectivity index (χ1n) is 9.97. The van der Waals surface area contributed by atoms with Crippen molar-refractivity contribution in [2.24, 2.45) is 0 Å². The molecule has 1 N–H and O–H groups in total. The van der Waals surface area contributed by atoms with Crippen LogP contribution in [0.5, 0.6) is 0 Å². The smallest absolute Gasteiger partial charge is 0.295 e. The number of benzene rings is 1. The number of aliphatic hydroxyl groups is 1. The Morgan fingerprint density at radius 1 is 1.18 bits per heavy atom. The number of carbonyl (C=O) groups excluding carboxylic acids is 2. The van der Waals surface area contributed by atoms with Crippen LogP contribution in [0.4, 0.5) is 0 Å². The molecule has 1 fully saturated rings. The molecule has 28 heavy (non-hydrogen) atoms. The third-order valence-electron chi connectivity index (χ3n) is 5.78. The second-order valence-corrected chi connectivity index (χ2v) is 8.60. The zero-order valence-corrected chi connectivity index (χ0v) is 17.1. The van der Waals surface area contributed by atoms with E-state index in [1.165, 1.54) is 28.9 Å². The SMILES string of the molecule is CCCN1C(=O)C(=O)/C(=C(\O)c2ccc3c(c2)CCCC3)C1c1sccc1C. The van der Waals surface area contributed by atoms with Gasteiger partial charge in [-0.3, -0.25) is 9.59 Å². The van der Waals surface area contributed by atoms with Crippen molar-refractivity contribution < 1.29 is 14.7 Å². The van der Waals surface area contributed by atoms with Crippen molar-refractivity contribution >= 4 is 28.8 Å². The van der Waals surface area contributed by atoms with Crippen LogP contribution >= 0.6 is 11.3 Å². The Labute approximate surface area is 169 Å². The van der Waals surface area contributed by atoms with E-state index >= 15 is 0 Å².